The van der Waals surface area contributed by atoms with E-state index in [1.165, 1.54) is 4.90 Å². The van der Waals surface area contributed by atoms with E-state index in [4.69, 9.17) is 0 Å². The molecule has 0 aliphatic carbocycles. The van der Waals surface area contributed by atoms with Crippen LogP contribution in [0, 0.1) is 0 Å². The number of urea groups is 1. The highest BCUT2D eigenvalue weighted by atomic mass is 79.9. The summed E-state index contributed by atoms with van der Waals surface area (Å²) in [4.78, 5) is 51.5. The molecule has 0 spiro atoms. The van der Waals surface area contributed by atoms with Crippen LogP contribution in [0.4, 0.5) is 4.79 Å². The molecule has 1 aliphatic heterocycles. The van der Waals surface area contributed by atoms with Crippen molar-refractivity contribution in [2.75, 3.05) is 20.1 Å². The largest absolute Gasteiger partial charge is 0.340 e. The summed E-state index contributed by atoms with van der Waals surface area (Å²) in [6.45, 7) is 2.00. The summed E-state index contributed by atoms with van der Waals surface area (Å²) in [5, 5.41) is 0. The van der Waals surface area contributed by atoms with Gasteiger partial charge in [0.1, 0.15) is 6.54 Å². The summed E-state index contributed by atoms with van der Waals surface area (Å²) in [7, 11) is 1.59. The highest BCUT2D eigenvalue weighted by molar-refractivity contribution is 9.10. The van der Waals surface area contributed by atoms with Crippen LogP contribution in [0.5, 0.6) is 0 Å². The van der Waals surface area contributed by atoms with Crippen molar-refractivity contribution in [2.45, 2.75) is 26.3 Å². The van der Waals surface area contributed by atoms with Gasteiger partial charge in [0.05, 0.1) is 0 Å². The van der Waals surface area contributed by atoms with Crippen LogP contribution < -0.4 is 0 Å². The lowest BCUT2D eigenvalue weighted by atomic mass is 10.2. The van der Waals surface area contributed by atoms with Gasteiger partial charge in [0.2, 0.25) is 5.91 Å². The van der Waals surface area contributed by atoms with Crippen LogP contribution in [-0.2, 0) is 20.9 Å². The Balaban J connectivity index is 2.02. The van der Waals surface area contributed by atoms with E-state index in [2.05, 4.69) is 15.9 Å². The standard InChI is InChI=1S/C17H20BrN3O4/c1-3-4-9-20-15(23)16(24)21(17(20)25)11-14(22)19(2)10-12-7-5-6-8-13(12)18/h5-8H,3-4,9-11H2,1-2H3. The van der Waals surface area contributed by atoms with Gasteiger partial charge in [-0.3, -0.25) is 19.3 Å². The van der Waals surface area contributed by atoms with E-state index in [0.717, 1.165) is 26.3 Å². The lowest BCUT2D eigenvalue weighted by Gasteiger charge is -2.21. The van der Waals surface area contributed by atoms with Gasteiger partial charge in [0.25, 0.3) is 0 Å². The predicted molar refractivity (Wildman–Crippen MR) is 94.3 cm³/mol. The van der Waals surface area contributed by atoms with Crippen molar-refractivity contribution in [2.24, 2.45) is 0 Å². The number of nitrogens with zero attached hydrogens (tertiary/aromatic N) is 3. The van der Waals surface area contributed by atoms with Gasteiger partial charge in [-0.05, 0) is 18.1 Å². The normalized spacial score (nSPS) is 14.4. The maximum Gasteiger partial charge on any atom is 0.334 e. The van der Waals surface area contributed by atoms with Crippen LogP contribution in [0.1, 0.15) is 25.3 Å². The van der Waals surface area contributed by atoms with E-state index >= 15 is 0 Å². The smallest absolute Gasteiger partial charge is 0.334 e. The van der Waals surface area contributed by atoms with Crippen molar-refractivity contribution in [1.29, 1.82) is 0 Å². The molecule has 134 valence electrons. The van der Waals surface area contributed by atoms with Crippen molar-refractivity contribution in [1.82, 2.24) is 14.7 Å². The fraction of sp³-hybridized carbons (Fsp3) is 0.412. The van der Waals surface area contributed by atoms with Crippen molar-refractivity contribution in [3.8, 4) is 0 Å². The third-order valence-electron chi connectivity index (χ3n) is 3.95. The lowest BCUT2D eigenvalue weighted by molar-refractivity contribution is -0.144. The Morgan fingerprint density at radius 2 is 1.76 bits per heavy atom. The quantitative estimate of drug-likeness (QED) is 0.509. The molecule has 1 aromatic rings. The van der Waals surface area contributed by atoms with E-state index in [1.54, 1.807) is 7.05 Å². The zero-order valence-corrected chi connectivity index (χ0v) is 15.8. The Bertz CT molecular complexity index is 707. The number of unbranched alkanes of at least 4 members (excludes halogenated alkanes) is 1. The summed E-state index contributed by atoms with van der Waals surface area (Å²) in [6, 6.07) is 6.75. The molecule has 0 saturated carbocycles. The molecule has 0 bridgehead atoms. The number of amides is 5. The van der Waals surface area contributed by atoms with Crippen LogP contribution >= 0.6 is 15.9 Å². The van der Waals surface area contributed by atoms with Gasteiger partial charge in [-0.25, -0.2) is 9.69 Å². The Labute approximate surface area is 154 Å². The first-order chi connectivity index (χ1) is 11.9. The van der Waals surface area contributed by atoms with E-state index in [1.807, 2.05) is 31.2 Å². The van der Waals surface area contributed by atoms with Crippen LogP contribution in [0.3, 0.4) is 0 Å². The Morgan fingerprint density at radius 1 is 1.12 bits per heavy atom. The average Bonchev–Trinajstić information content (AvgIpc) is 2.78. The molecule has 1 aliphatic rings. The Kier molecular flexibility index (Phi) is 6.30. The summed E-state index contributed by atoms with van der Waals surface area (Å²) >= 11 is 3.41. The number of imide groups is 2. The van der Waals surface area contributed by atoms with Gasteiger partial charge in [-0.2, -0.15) is 0 Å². The van der Waals surface area contributed by atoms with Gasteiger partial charge in [-0.1, -0.05) is 47.5 Å². The second kappa shape index (κ2) is 8.24. The molecule has 25 heavy (non-hydrogen) atoms. The highest BCUT2D eigenvalue weighted by Crippen LogP contribution is 2.18. The third-order valence-corrected chi connectivity index (χ3v) is 4.73. The molecule has 1 heterocycles. The van der Waals surface area contributed by atoms with Gasteiger partial charge in [-0.15, -0.1) is 0 Å². The maximum absolute atomic E-state index is 12.4. The summed E-state index contributed by atoms with van der Waals surface area (Å²) in [5.74, 6) is -2.22. The molecule has 8 heteroatoms. The Hall–Kier alpha value is -2.22. The monoisotopic (exact) mass is 409 g/mol. The third kappa shape index (κ3) is 4.25. The van der Waals surface area contributed by atoms with Crippen LogP contribution in [-0.4, -0.2) is 58.6 Å². The van der Waals surface area contributed by atoms with Crippen molar-refractivity contribution >= 4 is 39.7 Å². The Morgan fingerprint density at radius 3 is 2.40 bits per heavy atom. The van der Waals surface area contributed by atoms with E-state index in [-0.39, 0.29) is 6.54 Å². The number of benzene rings is 1. The van der Waals surface area contributed by atoms with Gasteiger partial charge < -0.3 is 4.90 Å². The first-order valence-corrected chi connectivity index (χ1v) is 8.80. The van der Waals surface area contributed by atoms with Crippen molar-refractivity contribution in [3.05, 3.63) is 34.3 Å². The van der Waals surface area contributed by atoms with Crippen LogP contribution in [0.25, 0.3) is 0 Å². The molecule has 0 N–H and O–H groups in total. The minimum absolute atomic E-state index is 0.192. The molecule has 1 fully saturated rings. The van der Waals surface area contributed by atoms with Crippen LogP contribution in [0.15, 0.2) is 28.7 Å². The molecule has 7 nitrogen and oxygen atoms in total. The molecule has 1 aromatic carbocycles. The molecule has 5 amide bonds. The van der Waals surface area contributed by atoms with E-state index < -0.39 is 30.3 Å². The number of hydrogen-bond donors (Lipinski definition) is 0. The zero-order valence-electron chi connectivity index (χ0n) is 14.2. The fourth-order valence-corrected chi connectivity index (χ4v) is 2.84. The highest BCUT2D eigenvalue weighted by Gasteiger charge is 2.44. The molecule has 0 unspecified atom stereocenters. The number of hydrogen-bond acceptors (Lipinski definition) is 4. The van der Waals surface area contributed by atoms with Crippen molar-refractivity contribution in [3.63, 3.8) is 0 Å². The van der Waals surface area contributed by atoms with E-state index in [9.17, 15) is 19.2 Å². The maximum atomic E-state index is 12.4. The lowest BCUT2D eigenvalue weighted by Crippen LogP contribution is -2.42. The average molecular weight is 410 g/mol. The van der Waals surface area contributed by atoms with Gasteiger partial charge in [0.15, 0.2) is 0 Å². The van der Waals surface area contributed by atoms with Gasteiger partial charge >= 0.3 is 17.8 Å². The summed E-state index contributed by atoms with van der Waals surface area (Å²) in [5.41, 5.74) is 0.901. The predicted octanol–water partition coefficient (Wildman–Crippen LogP) is 2.00. The topological polar surface area (TPSA) is 78.0 Å². The van der Waals surface area contributed by atoms with Crippen molar-refractivity contribution < 1.29 is 19.2 Å². The minimum Gasteiger partial charge on any atom is -0.340 e. The number of likely N-dealkylation sites (N-methyl/N-ethyl adjacent to an activating group) is 1. The second-order valence-electron chi connectivity index (χ2n) is 5.83. The van der Waals surface area contributed by atoms with Gasteiger partial charge in [0, 0.05) is 24.6 Å². The molecule has 0 aromatic heterocycles. The molecule has 1 saturated heterocycles. The molecular weight excluding hydrogens is 390 g/mol. The summed E-state index contributed by atoms with van der Waals surface area (Å²) in [6.07, 6.45) is 1.41. The SMILES string of the molecule is CCCCN1C(=O)C(=O)N(CC(=O)N(C)Cc2ccccc2Br)C1=O. The zero-order chi connectivity index (χ0) is 18.6. The van der Waals surface area contributed by atoms with Crippen LogP contribution in [0.2, 0.25) is 0 Å². The number of rotatable bonds is 7. The summed E-state index contributed by atoms with van der Waals surface area (Å²) < 4.78 is 0.865. The molecule has 2 rings (SSSR count). The number of carbonyl (C=O) groups excluding carboxylic acids is 4. The first-order valence-electron chi connectivity index (χ1n) is 8.01. The molecular formula is C17H20BrN3O4. The fourth-order valence-electron chi connectivity index (χ4n) is 2.43. The molecule has 0 radical (unpaired) electrons. The number of halogens is 1. The first kappa shape index (κ1) is 19.1. The molecule has 0 atom stereocenters. The van der Waals surface area contributed by atoms with E-state index in [0.29, 0.717) is 13.0 Å². The minimum atomic E-state index is -0.941. The second-order valence-corrected chi connectivity index (χ2v) is 6.68. The number of carbonyl (C=O) groups is 4.